The molecule has 3 heteroatoms. The number of benzene rings is 1. The van der Waals surface area contributed by atoms with E-state index < -0.39 is 0 Å². The number of hydrogen-bond acceptors (Lipinski definition) is 3. The standard InChI is InChI=1S/C17H19NO2/c1-3-4-9-20-16-7-5-14(6-8-16)17(19)15-10-13(2)11-18-12-15/h5-8,10-12H,3-4,9H2,1-2H3. The Morgan fingerprint density at radius 1 is 1.15 bits per heavy atom. The van der Waals surface area contributed by atoms with Crippen molar-refractivity contribution in [3.8, 4) is 5.75 Å². The minimum Gasteiger partial charge on any atom is -0.494 e. The van der Waals surface area contributed by atoms with Crippen molar-refractivity contribution in [2.75, 3.05) is 6.61 Å². The first-order chi connectivity index (χ1) is 9.70. The zero-order valence-corrected chi connectivity index (χ0v) is 11.9. The van der Waals surface area contributed by atoms with Gasteiger partial charge in [0.1, 0.15) is 5.75 Å². The van der Waals surface area contributed by atoms with E-state index in [0.29, 0.717) is 17.7 Å². The lowest BCUT2D eigenvalue weighted by Gasteiger charge is -2.06. The molecule has 0 aliphatic carbocycles. The van der Waals surface area contributed by atoms with Crippen LogP contribution < -0.4 is 4.74 Å². The van der Waals surface area contributed by atoms with Crippen LogP contribution in [0.1, 0.15) is 41.3 Å². The number of ketones is 1. The van der Waals surface area contributed by atoms with E-state index in [2.05, 4.69) is 11.9 Å². The minimum absolute atomic E-state index is 0.0127. The summed E-state index contributed by atoms with van der Waals surface area (Å²) in [4.78, 5) is 16.3. The number of nitrogens with zero attached hydrogens (tertiary/aromatic N) is 1. The van der Waals surface area contributed by atoms with Crippen LogP contribution in [0.3, 0.4) is 0 Å². The molecule has 0 bridgehead atoms. The third-order valence-electron chi connectivity index (χ3n) is 3.02. The zero-order chi connectivity index (χ0) is 14.4. The predicted molar refractivity (Wildman–Crippen MR) is 79.3 cm³/mol. The molecule has 1 aromatic carbocycles. The minimum atomic E-state index is -0.0127. The average Bonchev–Trinajstić information content (AvgIpc) is 2.47. The fourth-order valence-electron chi connectivity index (χ4n) is 1.88. The Balaban J connectivity index is 2.07. The molecule has 0 radical (unpaired) electrons. The molecule has 0 spiro atoms. The maximum atomic E-state index is 12.3. The smallest absolute Gasteiger partial charge is 0.194 e. The Morgan fingerprint density at radius 3 is 2.55 bits per heavy atom. The molecule has 0 N–H and O–H groups in total. The third-order valence-corrected chi connectivity index (χ3v) is 3.02. The summed E-state index contributed by atoms with van der Waals surface area (Å²) in [6, 6.07) is 9.12. The largest absolute Gasteiger partial charge is 0.494 e. The first-order valence-electron chi connectivity index (χ1n) is 6.90. The second kappa shape index (κ2) is 6.85. The van der Waals surface area contributed by atoms with Crippen molar-refractivity contribution in [1.29, 1.82) is 0 Å². The maximum Gasteiger partial charge on any atom is 0.194 e. The van der Waals surface area contributed by atoms with Gasteiger partial charge in [-0.1, -0.05) is 13.3 Å². The molecular weight excluding hydrogens is 250 g/mol. The highest BCUT2D eigenvalue weighted by Gasteiger charge is 2.09. The summed E-state index contributed by atoms with van der Waals surface area (Å²) in [6.07, 6.45) is 5.48. The Hall–Kier alpha value is -2.16. The topological polar surface area (TPSA) is 39.2 Å². The normalized spacial score (nSPS) is 10.3. The van der Waals surface area contributed by atoms with Gasteiger partial charge in [0.2, 0.25) is 0 Å². The van der Waals surface area contributed by atoms with Crippen molar-refractivity contribution >= 4 is 5.78 Å². The van der Waals surface area contributed by atoms with Crippen LogP contribution in [0.4, 0.5) is 0 Å². The molecule has 0 saturated heterocycles. The van der Waals surface area contributed by atoms with E-state index in [1.165, 1.54) is 0 Å². The van der Waals surface area contributed by atoms with Crippen LogP contribution in [-0.4, -0.2) is 17.4 Å². The lowest BCUT2D eigenvalue weighted by Crippen LogP contribution is -2.03. The van der Waals surface area contributed by atoms with E-state index in [1.807, 2.05) is 25.1 Å². The van der Waals surface area contributed by atoms with Gasteiger partial charge >= 0.3 is 0 Å². The number of carbonyl (C=O) groups excluding carboxylic acids is 1. The maximum absolute atomic E-state index is 12.3. The number of ether oxygens (including phenoxy) is 1. The van der Waals surface area contributed by atoms with Gasteiger partial charge in [-0.15, -0.1) is 0 Å². The van der Waals surface area contributed by atoms with Crippen molar-refractivity contribution in [1.82, 2.24) is 4.98 Å². The highest BCUT2D eigenvalue weighted by molar-refractivity contribution is 6.08. The molecule has 2 aromatic rings. The number of rotatable bonds is 6. The van der Waals surface area contributed by atoms with Crippen LogP contribution in [0, 0.1) is 6.92 Å². The Kier molecular flexibility index (Phi) is 4.88. The Morgan fingerprint density at radius 2 is 1.90 bits per heavy atom. The Bertz CT molecular complexity index is 576. The number of hydrogen-bond donors (Lipinski definition) is 0. The SMILES string of the molecule is CCCCOc1ccc(C(=O)c2cncc(C)c2)cc1. The van der Waals surface area contributed by atoms with Gasteiger partial charge in [0.05, 0.1) is 6.61 Å². The fourth-order valence-corrected chi connectivity index (χ4v) is 1.88. The third kappa shape index (κ3) is 3.67. The number of aryl methyl sites for hydroxylation is 1. The van der Waals surface area contributed by atoms with E-state index >= 15 is 0 Å². The molecule has 1 aromatic heterocycles. The van der Waals surface area contributed by atoms with E-state index in [0.717, 1.165) is 24.2 Å². The summed E-state index contributed by atoms with van der Waals surface area (Å²) in [5, 5.41) is 0. The lowest BCUT2D eigenvalue weighted by atomic mass is 10.0. The Labute approximate surface area is 119 Å². The molecule has 0 saturated carbocycles. The van der Waals surface area contributed by atoms with Gasteiger partial charge in [-0.25, -0.2) is 0 Å². The van der Waals surface area contributed by atoms with Crippen molar-refractivity contribution in [3.63, 3.8) is 0 Å². The van der Waals surface area contributed by atoms with Crippen molar-refractivity contribution in [3.05, 3.63) is 59.4 Å². The molecule has 104 valence electrons. The van der Waals surface area contributed by atoms with E-state index in [9.17, 15) is 4.79 Å². The molecule has 0 fully saturated rings. The van der Waals surface area contributed by atoms with Crippen molar-refractivity contribution in [2.45, 2.75) is 26.7 Å². The fraction of sp³-hybridized carbons (Fsp3) is 0.294. The molecule has 0 aliphatic heterocycles. The summed E-state index contributed by atoms with van der Waals surface area (Å²) in [7, 11) is 0. The monoisotopic (exact) mass is 269 g/mol. The molecular formula is C17H19NO2. The number of unbranched alkanes of at least 4 members (excludes halogenated alkanes) is 1. The zero-order valence-electron chi connectivity index (χ0n) is 11.9. The van der Waals surface area contributed by atoms with Crippen molar-refractivity contribution in [2.24, 2.45) is 0 Å². The first kappa shape index (κ1) is 14.3. The van der Waals surface area contributed by atoms with Gasteiger partial charge in [0.25, 0.3) is 0 Å². The molecule has 0 atom stereocenters. The molecule has 0 amide bonds. The summed E-state index contributed by atoms with van der Waals surface area (Å²) >= 11 is 0. The quantitative estimate of drug-likeness (QED) is 0.591. The highest BCUT2D eigenvalue weighted by Crippen LogP contribution is 2.16. The predicted octanol–water partition coefficient (Wildman–Crippen LogP) is 3.80. The molecule has 3 nitrogen and oxygen atoms in total. The van der Waals surface area contributed by atoms with Gasteiger partial charge in [-0.2, -0.15) is 0 Å². The van der Waals surface area contributed by atoms with Crippen LogP contribution in [-0.2, 0) is 0 Å². The van der Waals surface area contributed by atoms with E-state index in [-0.39, 0.29) is 5.78 Å². The number of carbonyl (C=O) groups is 1. The second-order valence-corrected chi connectivity index (χ2v) is 4.81. The highest BCUT2D eigenvalue weighted by atomic mass is 16.5. The van der Waals surface area contributed by atoms with Gasteiger partial charge in [-0.3, -0.25) is 9.78 Å². The van der Waals surface area contributed by atoms with Gasteiger partial charge in [-0.05, 0) is 49.2 Å². The molecule has 0 aliphatic rings. The van der Waals surface area contributed by atoms with Crippen LogP contribution in [0.25, 0.3) is 0 Å². The second-order valence-electron chi connectivity index (χ2n) is 4.81. The summed E-state index contributed by atoms with van der Waals surface area (Å²) < 4.78 is 5.58. The lowest BCUT2D eigenvalue weighted by molar-refractivity contribution is 0.103. The number of aromatic nitrogens is 1. The first-order valence-corrected chi connectivity index (χ1v) is 6.90. The summed E-state index contributed by atoms with van der Waals surface area (Å²) in [5.74, 6) is 0.790. The number of pyridine rings is 1. The molecule has 2 rings (SSSR count). The average molecular weight is 269 g/mol. The summed E-state index contributed by atoms with van der Waals surface area (Å²) in [5.41, 5.74) is 2.25. The molecule has 0 unspecified atom stereocenters. The molecule has 20 heavy (non-hydrogen) atoms. The van der Waals surface area contributed by atoms with E-state index in [4.69, 9.17) is 4.74 Å². The molecule has 1 heterocycles. The van der Waals surface area contributed by atoms with Crippen molar-refractivity contribution < 1.29 is 9.53 Å². The van der Waals surface area contributed by atoms with E-state index in [1.54, 1.807) is 24.5 Å². The van der Waals surface area contributed by atoms with Gasteiger partial charge < -0.3 is 4.74 Å². The van der Waals surface area contributed by atoms with Crippen LogP contribution in [0.5, 0.6) is 5.75 Å². The van der Waals surface area contributed by atoms with Crippen LogP contribution in [0.15, 0.2) is 42.7 Å². The van der Waals surface area contributed by atoms with Crippen LogP contribution in [0.2, 0.25) is 0 Å². The van der Waals surface area contributed by atoms with Crippen LogP contribution >= 0.6 is 0 Å². The summed E-state index contributed by atoms with van der Waals surface area (Å²) in [6.45, 7) is 4.76. The van der Waals surface area contributed by atoms with Gasteiger partial charge in [0, 0.05) is 23.5 Å². The van der Waals surface area contributed by atoms with Gasteiger partial charge in [0.15, 0.2) is 5.78 Å².